The first-order valence-electron chi connectivity index (χ1n) is 5.66. The Labute approximate surface area is 95.1 Å². The minimum absolute atomic E-state index is 0.0448. The fraction of sp³-hybridized carbons (Fsp3) is 0.385. The molecule has 1 aliphatic rings. The first-order valence-corrected chi connectivity index (χ1v) is 5.66. The summed E-state index contributed by atoms with van der Waals surface area (Å²) in [6.07, 6.45) is 4.14. The van der Waals surface area contributed by atoms with E-state index in [0.29, 0.717) is 11.1 Å². The number of amides is 1. The van der Waals surface area contributed by atoms with Crippen molar-refractivity contribution in [2.45, 2.75) is 19.3 Å². The number of benzene rings is 1. The number of carbonyl (C=O) groups excluding carboxylic acids is 2. The largest absolute Gasteiger partial charge is 0.339 e. The van der Waals surface area contributed by atoms with Crippen molar-refractivity contribution in [2.24, 2.45) is 0 Å². The van der Waals surface area contributed by atoms with Crippen LogP contribution in [0.2, 0.25) is 0 Å². The zero-order chi connectivity index (χ0) is 11.4. The molecule has 0 atom stereocenters. The maximum atomic E-state index is 12.1. The summed E-state index contributed by atoms with van der Waals surface area (Å²) in [4.78, 5) is 24.6. The molecule has 1 saturated heterocycles. The second-order valence-electron chi connectivity index (χ2n) is 4.10. The summed E-state index contributed by atoms with van der Waals surface area (Å²) in [5, 5.41) is 0. The molecule has 1 amide bonds. The van der Waals surface area contributed by atoms with Crippen LogP contribution < -0.4 is 0 Å². The zero-order valence-electron chi connectivity index (χ0n) is 9.19. The lowest BCUT2D eigenvalue weighted by Crippen LogP contribution is -2.35. The average molecular weight is 217 g/mol. The van der Waals surface area contributed by atoms with E-state index in [1.807, 2.05) is 4.90 Å². The smallest absolute Gasteiger partial charge is 0.253 e. The van der Waals surface area contributed by atoms with Crippen LogP contribution >= 0.6 is 0 Å². The van der Waals surface area contributed by atoms with Gasteiger partial charge in [-0.05, 0) is 31.4 Å². The summed E-state index contributed by atoms with van der Waals surface area (Å²) in [5.41, 5.74) is 1.18. The number of piperidine rings is 1. The predicted octanol–water partition coefficient (Wildman–Crippen LogP) is 2.13. The van der Waals surface area contributed by atoms with Crippen LogP contribution in [0.25, 0.3) is 0 Å². The van der Waals surface area contributed by atoms with E-state index in [1.165, 1.54) is 6.42 Å². The maximum Gasteiger partial charge on any atom is 0.253 e. The summed E-state index contributed by atoms with van der Waals surface area (Å²) in [5.74, 6) is 0.0448. The van der Waals surface area contributed by atoms with E-state index in [4.69, 9.17) is 0 Å². The first-order chi connectivity index (χ1) is 7.81. The van der Waals surface area contributed by atoms with E-state index < -0.39 is 0 Å². The molecule has 0 radical (unpaired) electrons. The number of rotatable bonds is 2. The third-order valence-electron chi connectivity index (χ3n) is 2.91. The minimum atomic E-state index is 0.0448. The fourth-order valence-corrected chi connectivity index (χ4v) is 2.02. The van der Waals surface area contributed by atoms with Crippen molar-refractivity contribution in [2.75, 3.05) is 13.1 Å². The summed E-state index contributed by atoms with van der Waals surface area (Å²) in [6, 6.07) is 6.88. The van der Waals surface area contributed by atoms with Gasteiger partial charge in [0, 0.05) is 24.2 Å². The SMILES string of the molecule is O=Cc1cccc(C(=O)N2CCCCC2)c1. The van der Waals surface area contributed by atoms with E-state index >= 15 is 0 Å². The van der Waals surface area contributed by atoms with Gasteiger partial charge in [-0.1, -0.05) is 12.1 Å². The molecule has 1 fully saturated rings. The van der Waals surface area contributed by atoms with Crippen LogP contribution in [0.4, 0.5) is 0 Å². The van der Waals surface area contributed by atoms with Gasteiger partial charge in [0.15, 0.2) is 0 Å². The highest BCUT2D eigenvalue weighted by atomic mass is 16.2. The van der Waals surface area contributed by atoms with Crippen LogP contribution in [0, 0.1) is 0 Å². The Morgan fingerprint density at radius 3 is 2.62 bits per heavy atom. The number of likely N-dealkylation sites (tertiary alicyclic amines) is 1. The molecule has 1 aliphatic heterocycles. The Bertz CT molecular complexity index is 395. The first kappa shape index (κ1) is 10.9. The van der Waals surface area contributed by atoms with Crippen molar-refractivity contribution in [3.05, 3.63) is 35.4 Å². The summed E-state index contributed by atoms with van der Waals surface area (Å²) in [7, 11) is 0. The quantitative estimate of drug-likeness (QED) is 0.712. The molecule has 0 unspecified atom stereocenters. The number of carbonyl (C=O) groups is 2. The number of aldehydes is 1. The third-order valence-corrected chi connectivity index (χ3v) is 2.91. The predicted molar refractivity (Wildman–Crippen MR) is 61.6 cm³/mol. The van der Waals surface area contributed by atoms with Gasteiger partial charge >= 0.3 is 0 Å². The van der Waals surface area contributed by atoms with Gasteiger partial charge < -0.3 is 4.90 Å². The molecule has 0 bridgehead atoms. The van der Waals surface area contributed by atoms with E-state index in [-0.39, 0.29) is 5.91 Å². The molecule has 1 aromatic rings. The molecule has 3 nitrogen and oxygen atoms in total. The van der Waals surface area contributed by atoms with Crippen LogP contribution in [0.3, 0.4) is 0 Å². The summed E-state index contributed by atoms with van der Waals surface area (Å²) in [6.45, 7) is 1.67. The fourth-order valence-electron chi connectivity index (χ4n) is 2.02. The Morgan fingerprint density at radius 2 is 1.94 bits per heavy atom. The van der Waals surface area contributed by atoms with Crippen LogP contribution in [0.1, 0.15) is 40.0 Å². The maximum absolute atomic E-state index is 12.1. The molecule has 16 heavy (non-hydrogen) atoms. The Balaban J connectivity index is 2.15. The van der Waals surface area contributed by atoms with Crippen molar-refractivity contribution < 1.29 is 9.59 Å². The van der Waals surface area contributed by atoms with Crippen molar-refractivity contribution in [3.63, 3.8) is 0 Å². The van der Waals surface area contributed by atoms with Gasteiger partial charge in [0.05, 0.1) is 0 Å². The highest BCUT2D eigenvalue weighted by Crippen LogP contribution is 2.13. The molecule has 0 aromatic heterocycles. The van der Waals surface area contributed by atoms with Crippen LogP contribution in [0.15, 0.2) is 24.3 Å². The molecule has 2 rings (SSSR count). The van der Waals surface area contributed by atoms with Gasteiger partial charge in [-0.25, -0.2) is 0 Å². The van der Waals surface area contributed by atoms with Gasteiger partial charge in [0.1, 0.15) is 6.29 Å². The summed E-state index contributed by atoms with van der Waals surface area (Å²) >= 11 is 0. The van der Waals surface area contributed by atoms with Crippen molar-refractivity contribution in [1.29, 1.82) is 0 Å². The van der Waals surface area contributed by atoms with Gasteiger partial charge in [-0.15, -0.1) is 0 Å². The third kappa shape index (κ3) is 2.30. The van der Waals surface area contributed by atoms with Crippen molar-refractivity contribution in [1.82, 2.24) is 4.90 Å². The molecule has 84 valence electrons. The van der Waals surface area contributed by atoms with Gasteiger partial charge in [-0.2, -0.15) is 0 Å². The molecular weight excluding hydrogens is 202 g/mol. The number of nitrogens with zero attached hydrogens (tertiary/aromatic N) is 1. The average Bonchev–Trinajstić information content (AvgIpc) is 2.39. The Morgan fingerprint density at radius 1 is 1.19 bits per heavy atom. The van der Waals surface area contributed by atoms with Gasteiger partial charge in [0.2, 0.25) is 0 Å². The lowest BCUT2D eigenvalue weighted by molar-refractivity contribution is 0.0724. The lowest BCUT2D eigenvalue weighted by Gasteiger charge is -2.26. The van der Waals surface area contributed by atoms with E-state index in [9.17, 15) is 9.59 Å². The van der Waals surface area contributed by atoms with Crippen molar-refractivity contribution >= 4 is 12.2 Å². The van der Waals surface area contributed by atoms with Crippen LogP contribution in [-0.4, -0.2) is 30.2 Å². The molecule has 1 heterocycles. The van der Waals surface area contributed by atoms with Crippen LogP contribution in [-0.2, 0) is 0 Å². The lowest BCUT2D eigenvalue weighted by atomic mass is 10.1. The second-order valence-corrected chi connectivity index (χ2v) is 4.10. The van der Waals surface area contributed by atoms with Crippen molar-refractivity contribution in [3.8, 4) is 0 Å². The molecule has 0 spiro atoms. The molecule has 0 N–H and O–H groups in total. The number of hydrogen-bond donors (Lipinski definition) is 0. The van der Waals surface area contributed by atoms with E-state index in [2.05, 4.69) is 0 Å². The monoisotopic (exact) mass is 217 g/mol. The number of hydrogen-bond acceptors (Lipinski definition) is 2. The highest BCUT2D eigenvalue weighted by Gasteiger charge is 2.17. The standard InChI is InChI=1S/C13H15NO2/c15-10-11-5-4-6-12(9-11)13(16)14-7-2-1-3-8-14/h4-6,9-10H,1-3,7-8H2. The molecule has 1 aromatic carbocycles. The molecule has 3 heteroatoms. The highest BCUT2D eigenvalue weighted by molar-refractivity contribution is 5.95. The normalized spacial score (nSPS) is 15.9. The molecular formula is C13H15NO2. The van der Waals surface area contributed by atoms with Gasteiger partial charge in [-0.3, -0.25) is 9.59 Å². The molecule has 0 aliphatic carbocycles. The Kier molecular flexibility index (Phi) is 3.34. The Hall–Kier alpha value is -1.64. The second kappa shape index (κ2) is 4.92. The topological polar surface area (TPSA) is 37.4 Å². The van der Waals surface area contributed by atoms with E-state index in [1.54, 1.807) is 24.3 Å². The van der Waals surface area contributed by atoms with Gasteiger partial charge in [0.25, 0.3) is 5.91 Å². The van der Waals surface area contributed by atoms with E-state index in [0.717, 1.165) is 32.2 Å². The zero-order valence-corrected chi connectivity index (χ0v) is 9.19. The minimum Gasteiger partial charge on any atom is -0.339 e. The molecule has 0 saturated carbocycles. The van der Waals surface area contributed by atoms with Crippen LogP contribution in [0.5, 0.6) is 0 Å². The summed E-state index contributed by atoms with van der Waals surface area (Å²) < 4.78 is 0.